The minimum atomic E-state index is -1.12. The summed E-state index contributed by atoms with van der Waals surface area (Å²) in [5.74, 6) is -1.51. The van der Waals surface area contributed by atoms with E-state index in [0.717, 1.165) is 16.5 Å². The van der Waals surface area contributed by atoms with Crippen molar-refractivity contribution in [2.45, 2.75) is 26.3 Å². The minimum absolute atomic E-state index is 0.0266. The lowest BCUT2D eigenvalue weighted by Crippen LogP contribution is -2.42. The third-order valence-electron chi connectivity index (χ3n) is 3.13. The molecule has 112 valence electrons. The van der Waals surface area contributed by atoms with Gasteiger partial charge in [0.25, 0.3) is 0 Å². The molecule has 0 saturated carbocycles. The van der Waals surface area contributed by atoms with Crippen LogP contribution in [0.3, 0.4) is 0 Å². The van der Waals surface area contributed by atoms with Crippen molar-refractivity contribution in [3.05, 3.63) is 29.0 Å². The molecule has 1 atom stereocenters. The zero-order chi connectivity index (χ0) is 15.6. The number of carbonyl (C=O) groups excluding carboxylic acids is 1. The third kappa shape index (κ3) is 3.36. The number of hydrogen-bond donors (Lipinski definition) is 3. The maximum Gasteiger partial charge on any atom is 0.327 e. The normalized spacial score (nSPS) is 12.3. The number of rotatable bonds is 5. The summed E-state index contributed by atoms with van der Waals surface area (Å²) in [5.41, 5.74) is 3.15. The summed E-state index contributed by atoms with van der Waals surface area (Å²) < 4.78 is 5.23. The SMILES string of the molecule is Cc1cc(C)c2c(CC(=O)NC(CS)C(=O)O)noc2c1. The molecule has 2 aromatic rings. The van der Waals surface area contributed by atoms with Gasteiger partial charge in [0.05, 0.1) is 6.42 Å². The molecule has 0 aliphatic rings. The van der Waals surface area contributed by atoms with Crippen LogP contribution in [0.2, 0.25) is 0 Å². The van der Waals surface area contributed by atoms with Crippen molar-refractivity contribution < 1.29 is 19.2 Å². The van der Waals surface area contributed by atoms with Crippen LogP contribution in [0.5, 0.6) is 0 Å². The average molecular weight is 308 g/mol. The van der Waals surface area contributed by atoms with Crippen LogP contribution in [0.25, 0.3) is 11.0 Å². The molecule has 1 heterocycles. The van der Waals surface area contributed by atoms with Crippen molar-refractivity contribution in [3.8, 4) is 0 Å². The van der Waals surface area contributed by atoms with Gasteiger partial charge in [-0.1, -0.05) is 11.2 Å². The highest BCUT2D eigenvalue weighted by Crippen LogP contribution is 2.24. The Morgan fingerprint density at radius 2 is 2.14 bits per heavy atom. The number of carboxylic acids is 1. The molecule has 0 aliphatic heterocycles. The zero-order valence-corrected chi connectivity index (χ0v) is 12.6. The van der Waals surface area contributed by atoms with Crippen molar-refractivity contribution in [2.75, 3.05) is 5.75 Å². The number of nitrogens with zero attached hydrogens (tertiary/aromatic N) is 1. The van der Waals surface area contributed by atoms with Crippen molar-refractivity contribution in [1.82, 2.24) is 10.5 Å². The number of benzene rings is 1. The number of aryl methyl sites for hydroxylation is 2. The van der Waals surface area contributed by atoms with Crippen LogP contribution < -0.4 is 5.32 Å². The number of aliphatic carboxylic acids is 1. The average Bonchev–Trinajstić information content (AvgIpc) is 2.78. The molecule has 0 spiro atoms. The first kappa shape index (κ1) is 15.4. The van der Waals surface area contributed by atoms with Gasteiger partial charge in [0.15, 0.2) is 5.58 Å². The van der Waals surface area contributed by atoms with Crippen molar-refractivity contribution in [1.29, 1.82) is 0 Å². The molecule has 0 aliphatic carbocycles. The van der Waals surface area contributed by atoms with Crippen molar-refractivity contribution in [3.63, 3.8) is 0 Å². The highest BCUT2D eigenvalue weighted by atomic mass is 32.1. The number of fused-ring (bicyclic) bond motifs is 1. The Balaban J connectivity index is 2.20. The second kappa shape index (κ2) is 6.17. The molecule has 1 aromatic carbocycles. The summed E-state index contributed by atoms with van der Waals surface area (Å²) in [6.45, 7) is 3.87. The standard InChI is InChI=1S/C14H16N2O4S/c1-7-3-8(2)13-9(16-20-11(13)4-7)5-12(17)15-10(6-21)14(18)19/h3-4,10,21H,5-6H2,1-2H3,(H,15,17)(H,18,19). The molecule has 0 bridgehead atoms. The predicted octanol–water partition coefficient (Wildman–Crippen LogP) is 1.49. The molecular weight excluding hydrogens is 292 g/mol. The molecule has 0 saturated heterocycles. The van der Waals surface area contributed by atoms with Gasteiger partial charge in [-0.25, -0.2) is 4.79 Å². The molecule has 0 radical (unpaired) electrons. The number of nitrogens with one attached hydrogen (secondary N) is 1. The third-order valence-corrected chi connectivity index (χ3v) is 3.50. The van der Waals surface area contributed by atoms with Crippen LogP contribution in [-0.4, -0.2) is 33.9 Å². The van der Waals surface area contributed by atoms with Crippen LogP contribution in [-0.2, 0) is 16.0 Å². The van der Waals surface area contributed by atoms with Crippen LogP contribution in [0, 0.1) is 13.8 Å². The first-order valence-electron chi connectivity index (χ1n) is 6.41. The van der Waals surface area contributed by atoms with E-state index >= 15 is 0 Å². The zero-order valence-electron chi connectivity index (χ0n) is 11.7. The summed E-state index contributed by atoms with van der Waals surface area (Å²) in [6.07, 6.45) is -0.0333. The van der Waals surface area contributed by atoms with Crippen LogP contribution in [0.4, 0.5) is 0 Å². The van der Waals surface area contributed by atoms with Gasteiger partial charge in [-0.15, -0.1) is 0 Å². The highest BCUT2D eigenvalue weighted by Gasteiger charge is 2.20. The van der Waals surface area contributed by atoms with E-state index in [-0.39, 0.29) is 12.2 Å². The fourth-order valence-electron chi connectivity index (χ4n) is 2.22. The molecule has 0 fully saturated rings. The maximum absolute atomic E-state index is 11.9. The van der Waals surface area contributed by atoms with E-state index in [1.54, 1.807) is 0 Å². The number of aromatic nitrogens is 1. The monoisotopic (exact) mass is 308 g/mol. The van der Waals surface area contributed by atoms with Gasteiger partial charge in [-0.2, -0.15) is 12.6 Å². The first-order chi connectivity index (χ1) is 9.92. The maximum atomic E-state index is 11.9. The lowest BCUT2D eigenvalue weighted by atomic mass is 10.0. The van der Waals surface area contributed by atoms with Gasteiger partial charge >= 0.3 is 5.97 Å². The Morgan fingerprint density at radius 1 is 1.43 bits per heavy atom. The second-order valence-electron chi connectivity index (χ2n) is 4.90. The summed E-state index contributed by atoms with van der Waals surface area (Å²) >= 11 is 3.90. The van der Waals surface area contributed by atoms with Gasteiger partial charge in [-0.05, 0) is 31.0 Å². The van der Waals surface area contributed by atoms with Gasteiger partial charge < -0.3 is 14.9 Å². The Kier molecular flexibility index (Phi) is 4.52. The van der Waals surface area contributed by atoms with E-state index in [9.17, 15) is 9.59 Å². The Bertz CT molecular complexity index is 696. The Hall–Kier alpha value is -2.02. The molecule has 7 heteroatoms. The molecule has 1 aromatic heterocycles. The number of hydrogen-bond acceptors (Lipinski definition) is 5. The lowest BCUT2D eigenvalue weighted by molar-refractivity contribution is -0.141. The fourth-order valence-corrected chi connectivity index (χ4v) is 2.47. The topological polar surface area (TPSA) is 92.4 Å². The van der Waals surface area contributed by atoms with Gasteiger partial charge in [0.1, 0.15) is 11.7 Å². The fraction of sp³-hybridized carbons (Fsp3) is 0.357. The molecule has 2 N–H and O–H groups in total. The van der Waals surface area contributed by atoms with Gasteiger partial charge in [-0.3, -0.25) is 4.79 Å². The summed E-state index contributed by atoms with van der Waals surface area (Å²) in [4.78, 5) is 22.8. The van der Waals surface area contributed by atoms with Crippen molar-refractivity contribution in [2.24, 2.45) is 0 Å². The van der Waals surface area contributed by atoms with E-state index in [2.05, 4.69) is 23.1 Å². The predicted molar refractivity (Wildman–Crippen MR) is 80.6 cm³/mol. The van der Waals surface area contributed by atoms with Crippen LogP contribution in [0.15, 0.2) is 16.7 Å². The van der Waals surface area contributed by atoms with E-state index in [0.29, 0.717) is 11.3 Å². The molecule has 1 amide bonds. The van der Waals surface area contributed by atoms with E-state index in [4.69, 9.17) is 9.63 Å². The molecule has 1 unspecified atom stereocenters. The van der Waals surface area contributed by atoms with Crippen LogP contribution >= 0.6 is 12.6 Å². The summed E-state index contributed by atoms with van der Waals surface area (Å²) in [7, 11) is 0. The number of carboxylic acid groups (broad SMARTS) is 1. The van der Waals surface area contributed by atoms with E-state index in [1.807, 2.05) is 26.0 Å². The van der Waals surface area contributed by atoms with E-state index in [1.165, 1.54) is 0 Å². The summed E-state index contributed by atoms with van der Waals surface area (Å²) in [6, 6.07) is 2.82. The highest BCUT2D eigenvalue weighted by molar-refractivity contribution is 7.80. The van der Waals surface area contributed by atoms with Crippen molar-refractivity contribution >= 4 is 35.5 Å². The Morgan fingerprint density at radius 3 is 2.76 bits per heavy atom. The molecule has 21 heavy (non-hydrogen) atoms. The van der Waals surface area contributed by atoms with E-state index < -0.39 is 17.9 Å². The summed E-state index contributed by atoms with van der Waals surface area (Å²) in [5, 5.41) is 16.0. The second-order valence-corrected chi connectivity index (χ2v) is 5.27. The number of amides is 1. The Labute approximate surface area is 126 Å². The number of carbonyl (C=O) groups is 2. The number of thiol groups is 1. The largest absolute Gasteiger partial charge is 0.480 e. The molecule has 6 nitrogen and oxygen atoms in total. The first-order valence-corrected chi connectivity index (χ1v) is 7.04. The lowest BCUT2D eigenvalue weighted by Gasteiger charge is -2.11. The van der Waals surface area contributed by atoms with Gasteiger partial charge in [0.2, 0.25) is 5.91 Å². The van der Waals surface area contributed by atoms with Crippen LogP contribution in [0.1, 0.15) is 16.8 Å². The van der Waals surface area contributed by atoms with Gasteiger partial charge in [0, 0.05) is 11.1 Å². The quantitative estimate of drug-likeness (QED) is 0.728. The molecular formula is C14H16N2O4S. The minimum Gasteiger partial charge on any atom is -0.480 e. The molecule has 2 rings (SSSR count). The smallest absolute Gasteiger partial charge is 0.327 e.